The van der Waals surface area contributed by atoms with Gasteiger partial charge in [0.05, 0.1) is 0 Å². The highest BCUT2D eigenvalue weighted by atomic mass is 16.1. The van der Waals surface area contributed by atoms with Crippen molar-refractivity contribution in [2.45, 2.75) is 37.8 Å². The average Bonchev–Trinajstić information content (AvgIpc) is 2.93. The number of hydrogen-bond acceptors (Lipinski definition) is 2. The summed E-state index contributed by atoms with van der Waals surface area (Å²) in [4.78, 5) is 15.3. The fraction of sp³-hybridized carbons (Fsp3) is 0.900. The van der Waals surface area contributed by atoms with E-state index in [1.807, 2.05) is 0 Å². The largest absolute Gasteiger partial charge is 0.339 e. The zero-order valence-corrected chi connectivity index (χ0v) is 8.28. The Bertz CT molecular complexity index is 183. The molecule has 0 aromatic carbocycles. The van der Waals surface area contributed by atoms with E-state index in [0.717, 1.165) is 32.3 Å². The van der Waals surface area contributed by atoms with Crippen LogP contribution in [-0.4, -0.2) is 48.4 Å². The molecular weight excluding hydrogens is 164 g/mol. The van der Waals surface area contributed by atoms with Gasteiger partial charge in [-0.2, -0.15) is 0 Å². The summed E-state index contributed by atoms with van der Waals surface area (Å²) in [7, 11) is 2.15. The maximum Gasteiger partial charge on any atom is 0.210 e. The van der Waals surface area contributed by atoms with Gasteiger partial charge in [0.15, 0.2) is 0 Å². The van der Waals surface area contributed by atoms with Gasteiger partial charge in [0.25, 0.3) is 0 Å². The quantitative estimate of drug-likeness (QED) is 0.600. The van der Waals surface area contributed by atoms with Gasteiger partial charge in [-0.15, -0.1) is 0 Å². The standard InChI is InChI=1S/C10H18N2O/c1-11-6-4-10(5-7-11)12(8-13)9-2-3-9/h8-10H,2-7H2,1H3. The Morgan fingerprint density at radius 3 is 2.15 bits per heavy atom. The van der Waals surface area contributed by atoms with Gasteiger partial charge in [0.1, 0.15) is 0 Å². The Morgan fingerprint density at radius 1 is 1.15 bits per heavy atom. The molecule has 13 heavy (non-hydrogen) atoms. The van der Waals surface area contributed by atoms with E-state index < -0.39 is 0 Å². The smallest absolute Gasteiger partial charge is 0.210 e. The molecule has 1 saturated carbocycles. The maximum atomic E-state index is 10.9. The summed E-state index contributed by atoms with van der Waals surface area (Å²) in [6, 6.07) is 1.12. The minimum absolute atomic E-state index is 0.529. The van der Waals surface area contributed by atoms with Crippen molar-refractivity contribution in [3.05, 3.63) is 0 Å². The summed E-state index contributed by atoms with van der Waals surface area (Å²) in [5.41, 5.74) is 0. The molecule has 1 aliphatic carbocycles. The summed E-state index contributed by atoms with van der Waals surface area (Å²) in [6.07, 6.45) is 5.83. The second-order valence-corrected chi connectivity index (χ2v) is 4.32. The van der Waals surface area contributed by atoms with Gasteiger partial charge in [0, 0.05) is 12.1 Å². The van der Waals surface area contributed by atoms with E-state index in [1.165, 1.54) is 12.8 Å². The molecule has 74 valence electrons. The molecule has 2 fully saturated rings. The van der Waals surface area contributed by atoms with Gasteiger partial charge in [-0.3, -0.25) is 4.79 Å². The van der Waals surface area contributed by atoms with E-state index in [-0.39, 0.29) is 0 Å². The van der Waals surface area contributed by atoms with E-state index in [0.29, 0.717) is 12.1 Å². The zero-order chi connectivity index (χ0) is 9.26. The van der Waals surface area contributed by atoms with Crippen molar-refractivity contribution in [1.29, 1.82) is 0 Å². The molecule has 2 aliphatic rings. The number of rotatable bonds is 3. The van der Waals surface area contributed by atoms with Crippen LogP contribution in [0.15, 0.2) is 0 Å². The highest BCUT2D eigenvalue weighted by Crippen LogP contribution is 2.30. The summed E-state index contributed by atoms with van der Waals surface area (Å²) >= 11 is 0. The van der Waals surface area contributed by atoms with Crippen molar-refractivity contribution in [2.75, 3.05) is 20.1 Å². The minimum atomic E-state index is 0.529. The predicted molar refractivity (Wildman–Crippen MR) is 51.4 cm³/mol. The maximum absolute atomic E-state index is 10.9. The van der Waals surface area contributed by atoms with Gasteiger partial charge in [-0.05, 0) is 45.8 Å². The van der Waals surface area contributed by atoms with E-state index in [1.54, 1.807) is 0 Å². The van der Waals surface area contributed by atoms with Crippen LogP contribution in [0.25, 0.3) is 0 Å². The van der Waals surface area contributed by atoms with Gasteiger partial charge in [-0.25, -0.2) is 0 Å². The van der Waals surface area contributed by atoms with Crippen LogP contribution in [0.5, 0.6) is 0 Å². The highest BCUT2D eigenvalue weighted by Gasteiger charge is 2.33. The van der Waals surface area contributed by atoms with Crippen molar-refractivity contribution in [3.8, 4) is 0 Å². The molecule has 0 spiro atoms. The molecule has 0 atom stereocenters. The van der Waals surface area contributed by atoms with E-state index in [9.17, 15) is 4.79 Å². The minimum Gasteiger partial charge on any atom is -0.339 e. The number of carbonyl (C=O) groups is 1. The van der Waals surface area contributed by atoms with Crippen molar-refractivity contribution in [2.24, 2.45) is 0 Å². The number of amides is 1. The molecule has 1 aliphatic heterocycles. The molecule has 3 heteroatoms. The normalized spacial score (nSPS) is 25.9. The monoisotopic (exact) mass is 182 g/mol. The van der Waals surface area contributed by atoms with Crippen LogP contribution < -0.4 is 0 Å². The third kappa shape index (κ3) is 2.02. The fourth-order valence-corrected chi connectivity index (χ4v) is 2.14. The number of likely N-dealkylation sites (tertiary alicyclic amines) is 1. The summed E-state index contributed by atoms with van der Waals surface area (Å²) in [5.74, 6) is 0. The molecule has 0 bridgehead atoms. The lowest BCUT2D eigenvalue weighted by Crippen LogP contribution is -2.44. The van der Waals surface area contributed by atoms with Crippen LogP contribution in [0.4, 0.5) is 0 Å². The lowest BCUT2D eigenvalue weighted by molar-refractivity contribution is -0.121. The molecule has 0 unspecified atom stereocenters. The molecule has 0 radical (unpaired) electrons. The molecule has 3 nitrogen and oxygen atoms in total. The third-order valence-electron chi connectivity index (χ3n) is 3.20. The first-order valence-corrected chi connectivity index (χ1v) is 5.22. The van der Waals surface area contributed by atoms with Crippen LogP contribution in [-0.2, 0) is 4.79 Å². The topological polar surface area (TPSA) is 23.6 Å². The van der Waals surface area contributed by atoms with E-state index >= 15 is 0 Å². The van der Waals surface area contributed by atoms with E-state index in [2.05, 4.69) is 16.8 Å². The number of piperidine rings is 1. The Balaban J connectivity index is 1.87. The summed E-state index contributed by atoms with van der Waals surface area (Å²) < 4.78 is 0. The van der Waals surface area contributed by atoms with Crippen molar-refractivity contribution in [1.82, 2.24) is 9.80 Å². The van der Waals surface area contributed by atoms with E-state index in [4.69, 9.17) is 0 Å². The zero-order valence-electron chi connectivity index (χ0n) is 8.28. The van der Waals surface area contributed by atoms with Crippen molar-refractivity contribution in [3.63, 3.8) is 0 Å². The first-order valence-electron chi connectivity index (χ1n) is 5.22. The van der Waals surface area contributed by atoms with Crippen LogP contribution in [0.1, 0.15) is 25.7 Å². The second kappa shape index (κ2) is 3.66. The van der Waals surface area contributed by atoms with Crippen LogP contribution >= 0.6 is 0 Å². The van der Waals surface area contributed by atoms with Gasteiger partial charge in [-0.1, -0.05) is 0 Å². The van der Waals surface area contributed by atoms with Crippen LogP contribution in [0.3, 0.4) is 0 Å². The molecule has 0 aromatic rings. The lowest BCUT2D eigenvalue weighted by Gasteiger charge is -2.35. The van der Waals surface area contributed by atoms with Crippen molar-refractivity contribution >= 4 is 6.41 Å². The first kappa shape index (κ1) is 9.00. The molecule has 1 heterocycles. The van der Waals surface area contributed by atoms with Crippen molar-refractivity contribution < 1.29 is 4.79 Å². The fourth-order valence-electron chi connectivity index (χ4n) is 2.14. The average molecular weight is 182 g/mol. The highest BCUT2D eigenvalue weighted by molar-refractivity contribution is 5.49. The Kier molecular flexibility index (Phi) is 2.54. The van der Waals surface area contributed by atoms with Gasteiger partial charge >= 0.3 is 0 Å². The molecule has 0 aromatic heterocycles. The Hall–Kier alpha value is -0.570. The summed E-state index contributed by atoms with van der Waals surface area (Å²) in [6.45, 7) is 2.28. The van der Waals surface area contributed by atoms with Gasteiger partial charge < -0.3 is 9.80 Å². The molecular formula is C10H18N2O. The molecule has 1 amide bonds. The predicted octanol–water partition coefficient (Wildman–Crippen LogP) is 0.701. The second-order valence-electron chi connectivity index (χ2n) is 4.32. The third-order valence-corrected chi connectivity index (χ3v) is 3.20. The first-order chi connectivity index (χ1) is 6.31. The number of hydrogen-bond donors (Lipinski definition) is 0. The van der Waals surface area contributed by atoms with Crippen LogP contribution in [0.2, 0.25) is 0 Å². The molecule has 2 rings (SSSR count). The molecule has 0 N–H and O–H groups in total. The molecule has 1 saturated heterocycles. The Morgan fingerprint density at radius 2 is 1.69 bits per heavy atom. The number of carbonyl (C=O) groups excluding carboxylic acids is 1. The lowest BCUT2D eigenvalue weighted by atomic mass is 10.0. The summed E-state index contributed by atoms with van der Waals surface area (Å²) in [5, 5.41) is 0. The van der Waals surface area contributed by atoms with Crippen LogP contribution in [0, 0.1) is 0 Å². The SMILES string of the molecule is CN1CCC(N(C=O)C2CC2)CC1. The van der Waals surface area contributed by atoms with Gasteiger partial charge in [0.2, 0.25) is 6.41 Å². The number of nitrogens with zero attached hydrogens (tertiary/aromatic N) is 2. The Labute approximate surface area is 79.7 Å².